The van der Waals surface area contributed by atoms with Crippen molar-refractivity contribution in [2.24, 2.45) is 0 Å². The molecule has 2 rings (SSSR count). The van der Waals surface area contributed by atoms with Gasteiger partial charge in [-0.25, -0.2) is 26.9 Å². The summed E-state index contributed by atoms with van der Waals surface area (Å²) in [6.07, 6.45) is 1.04. The van der Waals surface area contributed by atoms with E-state index >= 15 is 0 Å². The van der Waals surface area contributed by atoms with Crippen molar-refractivity contribution in [1.82, 2.24) is 9.71 Å². The van der Waals surface area contributed by atoms with Crippen LogP contribution in [0.4, 0.5) is 27.6 Å². The average Bonchev–Trinajstić information content (AvgIpc) is 2.62. The molecule has 0 unspecified atom stereocenters. The number of anilines is 1. The van der Waals surface area contributed by atoms with E-state index in [1.807, 2.05) is 0 Å². The highest BCUT2D eigenvalue weighted by Gasteiger charge is 2.46. The van der Waals surface area contributed by atoms with E-state index in [4.69, 9.17) is 16.3 Å². The number of ether oxygens (including phenoxy) is 1. The van der Waals surface area contributed by atoms with Crippen LogP contribution in [0.3, 0.4) is 0 Å². The number of carbonyl (C=O) groups is 1. The van der Waals surface area contributed by atoms with Gasteiger partial charge < -0.3 is 10.1 Å². The summed E-state index contributed by atoms with van der Waals surface area (Å²) in [5, 5.41) is 1.86. The standard InChI is InChI=1S/C16H13ClF5N3O4S/c1-8(25-30(27,28)16(20,21)22)7-29-10-5-11(14(17)23-6-10)15(26)24-13-3-2-9(18)4-12(13)19/h2-6,8,25H,7H2,1H3,(H,24,26)/t8-/m0/s1. The van der Waals surface area contributed by atoms with Crippen LogP contribution in [0.15, 0.2) is 30.5 Å². The lowest BCUT2D eigenvalue weighted by Gasteiger charge is -2.16. The fraction of sp³-hybridized carbons (Fsp3) is 0.250. The van der Waals surface area contributed by atoms with Gasteiger partial charge in [0.2, 0.25) is 0 Å². The Balaban J connectivity index is 2.08. The minimum atomic E-state index is -5.56. The zero-order chi connectivity index (χ0) is 22.7. The molecular weight excluding hydrogens is 461 g/mol. The lowest BCUT2D eigenvalue weighted by atomic mass is 10.2. The van der Waals surface area contributed by atoms with Crippen LogP contribution in [-0.4, -0.2) is 37.5 Å². The van der Waals surface area contributed by atoms with Crippen LogP contribution < -0.4 is 14.8 Å². The van der Waals surface area contributed by atoms with Gasteiger partial charge in [0.1, 0.15) is 29.1 Å². The average molecular weight is 474 g/mol. The number of halogens is 6. The van der Waals surface area contributed by atoms with Crippen molar-refractivity contribution in [3.8, 4) is 5.75 Å². The van der Waals surface area contributed by atoms with Gasteiger partial charge in [-0.1, -0.05) is 11.6 Å². The highest BCUT2D eigenvalue weighted by atomic mass is 35.5. The van der Waals surface area contributed by atoms with Crippen molar-refractivity contribution in [2.45, 2.75) is 18.5 Å². The summed E-state index contributed by atoms with van der Waals surface area (Å²) in [4.78, 5) is 16.0. The highest BCUT2D eigenvalue weighted by molar-refractivity contribution is 7.90. The number of sulfonamides is 1. The van der Waals surface area contributed by atoms with Crippen LogP contribution in [0, 0.1) is 11.6 Å². The van der Waals surface area contributed by atoms with Gasteiger partial charge in [-0.05, 0) is 25.1 Å². The number of rotatable bonds is 7. The Morgan fingerprint density at radius 3 is 2.53 bits per heavy atom. The largest absolute Gasteiger partial charge is 0.511 e. The fourth-order valence-electron chi connectivity index (χ4n) is 2.03. The smallest absolute Gasteiger partial charge is 0.490 e. The highest BCUT2D eigenvalue weighted by Crippen LogP contribution is 2.24. The van der Waals surface area contributed by atoms with E-state index in [1.54, 1.807) is 0 Å². The third-order valence-electron chi connectivity index (χ3n) is 3.40. The molecule has 0 saturated carbocycles. The molecule has 2 N–H and O–H groups in total. The van der Waals surface area contributed by atoms with Crippen LogP contribution in [0.25, 0.3) is 0 Å². The van der Waals surface area contributed by atoms with Gasteiger partial charge in [0.05, 0.1) is 23.5 Å². The molecule has 2 aromatic rings. The van der Waals surface area contributed by atoms with E-state index in [0.29, 0.717) is 6.07 Å². The molecule has 30 heavy (non-hydrogen) atoms. The molecule has 0 radical (unpaired) electrons. The summed E-state index contributed by atoms with van der Waals surface area (Å²) in [5.41, 5.74) is -6.09. The number of hydrogen-bond acceptors (Lipinski definition) is 5. The van der Waals surface area contributed by atoms with E-state index in [0.717, 1.165) is 31.3 Å². The lowest BCUT2D eigenvalue weighted by Crippen LogP contribution is -2.43. The van der Waals surface area contributed by atoms with Crippen LogP contribution in [0.5, 0.6) is 5.75 Å². The number of nitrogens with one attached hydrogen (secondary N) is 2. The van der Waals surface area contributed by atoms with Crippen molar-refractivity contribution >= 4 is 33.2 Å². The monoisotopic (exact) mass is 473 g/mol. The van der Waals surface area contributed by atoms with Gasteiger partial charge in [0.25, 0.3) is 5.91 Å². The second kappa shape index (κ2) is 9.10. The normalized spacial score (nSPS) is 13.0. The van der Waals surface area contributed by atoms with Crippen molar-refractivity contribution in [3.63, 3.8) is 0 Å². The summed E-state index contributed by atoms with van der Waals surface area (Å²) >= 11 is 5.82. The summed E-state index contributed by atoms with van der Waals surface area (Å²) in [7, 11) is -5.56. The van der Waals surface area contributed by atoms with Crippen molar-refractivity contribution in [1.29, 1.82) is 0 Å². The number of hydrogen-bond donors (Lipinski definition) is 2. The van der Waals surface area contributed by atoms with Gasteiger partial charge >= 0.3 is 15.5 Å². The maximum absolute atomic E-state index is 13.7. The van der Waals surface area contributed by atoms with E-state index in [2.05, 4.69) is 10.3 Å². The van der Waals surface area contributed by atoms with Crippen molar-refractivity contribution in [2.75, 3.05) is 11.9 Å². The molecular formula is C16H13ClF5N3O4S. The summed E-state index contributed by atoms with van der Waals surface area (Å²) in [6.45, 7) is 0.587. The van der Waals surface area contributed by atoms with E-state index in [-0.39, 0.29) is 22.2 Å². The zero-order valence-corrected chi connectivity index (χ0v) is 16.5. The topological polar surface area (TPSA) is 97.4 Å². The lowest BCUT2D eigenvalue weighted by molar-refractivity contribution is -0.0451. The first-order valence-corrected chi connectivity index (χ1v) is 9.79. The molecule has 1 aromatic heterocycles. The molecule has 0 aliphatic heterocycles. The summed E-state index contributed by atoms with van der Waals surface area (Å²) in [5.74, 6) is -2.93. The third kappa shape index (κ3) is 6.00. The van der Waals surface area contributed by atoms with Crippen molar-refractivity contribution in [3.05, 3.63) is 52.8 Å². The number of alkyl halides is 3. The first kappa shape index (κ1) is 23.8. The molecule has 14 heteroatoms. The van der Waals surface area contributed by atoms with E-state index in [1.165, 1.54) is 4.72 Å². The van der Waals surface area contributed by atoms with Crippen LogP contribution in [0.1, 0.15) is 17.3 Å². The third-order valence-corrected chi connectivity index (χ3v) is 5.02. The van der Waals surface area contributed by atoms with Gasteiger partial charge in [-0.15, -0.1) is 0 Å². The first-order chi connectivity index (χ1) is 13.8. The molecule has 1 aromatic carbocycles. The Morgan fingerprint density at radius 1 is 1.27 bits per heavy atom. The molecule has 1 amide bonds. The molecule has 0 spiro atoms. The van der Waals surface area contributed by atoms with Gasteiger partial charge in [0, 0.05) is 6.07 Å². The fourth-order valence-corrected chi connectivity index (χ4v) is 2.96. The van der Waals surface area contributed by atoms with Crippen LogP contribution in [0.2, 0.25) is 5.15 Å². The van der Waals surface area contributed by atoms with E-state index in [9.17, 15) is 35.2 Å². The molecule has 0 bridgehead atoms. The quantitative estimate of drug-likeness (QED) is 0.474. The molecule has 0 fully saturated rings. The number of nitrogens with zero attached hydrogens (tertiary/aromatic N) is 1. The first-order valence-electron chi connectivity index (χ1n) is 7.93. The molecule has 0 aliphatic rings. The van der Waals surface area contributed by atoms with E-state index < -0.39 is 45.7 Å². The molecule has 1 heterocycles. The Labute approximate surface area is 172 Å². The minimum absolute atomic E-state index is 0.123. The Bertz CT molecular complexity index is 1050. The maximum Gasteiger partial charge on any atom is 0.511 e. The molecule has 1 atom stereocenters. The molecule has 164 valence electrons. The van der Waals surface area contributed by atoms with Gasteiger partial charge in [-0.3, -0.25) is 4.79 Å². The van der Waals surface area contributed by atoms with Crippen LogP contribution in [-0.2, 0) is 10.0 Å². The van der Waals surface area contributed by atoms with Gasteiger partial charge in [-0.2, -0.15) is 13.2 Å². The number of pyridine rings is 1. The number of carbonyl (C=O) groups excluding carboxylic acids is 1. The number of benzene rings is 1. The van der Waals surface area contributed by atoms with Crippen molar-refractivity contribution < 1.29 is 39.9 Å². The predicted molar refractivity (Wildman–Crippen MR) is 96.6 cm³/mol. The zero-order valence-electron chi connectivity index (χ0n) is 14.9. The molecule has 0 aliphatic carbocycles. The Morgan fingerprint density at radius 2 is 1.93 bits per heavy atom. The second-order valence-electron chi connectivity index (χ2n) is 5.87. The second-order valence-corrected chi connectivity index (χ2v) is 7.93. The predicted octanol–water partition coefficient (Wildman–Crippen LogP) is 3.47. The Hall–Kier alpha value is -2.51. The summed E-state index contributed by atoms with van der Waals surface area (Å²) < 4.78 is 92.3. The summed E-state index contributed by atoms with van der Waals surface area (Å²) in [6, 6.07) is 2.24. The molecule has 0 saturated heterocycles. The van der Waals surface area contributed by atoms with Gasteiger partial charge in [0.15, 0.2) is 0 Å². The minimum Gasteiger partial charge on any atom is -0.490 e. The Kier molecular flexibility index (Phi) is 7.21. The van der Waals surface area contributed by atoms with Crippen LogP contribution >= 0.6 is 11.6 Å². The number of aromatic nitrogens is 1. The molecule has 7 nitrogen and oxygen atoms in total. The SMILES string of the molecule is C[C@@H](COc1cnc(Cl)c(C(=O)Nc2ccc(F)cc2F)c1)NS(=O)(=O)C(F)(F)F. The maximum atomic E-state index is 13.7. The number of amides is 1.